The molecule has 0 unspecified atom stereocenters. The first-order valence-electron chi connectivity index (χ1n) is 10.8. The molecule has 0 atom stereocenters. The first-order chi connectivity index (χ1) is 16.0. The van der Waals surface area contributed by atoms with Crippen LogP contribution in [0.1, 0.15) is 11.1 Å². The minimum Gasteiger partial charge on any atom is -0.363 e. The van der Waals surface area contributed by atoms with E-state index >= 15 is 0 Å². The first kappa shape index (κ1) is 20.8. The number of imide groups is 1. The van der Waals surface area contributed by atoms with E-state index < -0.39 is 11.7 Å². The number of halogens is 1. The van der Waals surface area contributed by atoms with Crippen molar-refractivity contribution < 1.29 is 14.0 Å². The number of piperazine rings is 1. The summed E-state index contributed by atoms with van der Waals surface area (Å²) in [4.78, 5) is 41.1. The number of amides is 2. The van der Waals surface area contributed by atoms with E-state index in [9.17, 15) is 14.0 Å². The van der Waals surface area contributed by atoms with Crippen molar-refractivity contribution >= 4 is 29.0 Å². The molecule has 166 valence electrons. The average molecular weight is 443 g/mol. The Kier molecular flexibility index (Phi) is 5.34. The van der Waals surface area contributed by atoms with Gasteiger partial charge in [0.15, 0.2) is 0 Å². The van der Waals surface area contributed by atoms with Gasteiger partial charge in [-0.25, -0.2) is 19.3 Å². The summed E-state index contributed by atoms with van der Waals surface area (Å²) in [6.07, 6.45) is 3.40. The Hall–Kier alpha value is -4.07. The third kappa shape index (κ3) is 3.73. The zero-order valence-electron chi connectivity index (χ0n) is 18.1. The lowest BCUT2D eigenvalue weighted by Gasteiger charge is -2.36. The van der Waals surface area contributed by atoms with E-state index in [2.05, 4.69) is 14.9 Å². The Morgan fingerprint density at radius 1 is 0.788 bits per heavy atom. The Labute approximate surface area is 190 Å². The SMILES string of the molecule is Cc1ccccc1N1C(=O)C(c2ccc(F)cc2)=C(N2CCN(c3ncccn3)CC2)C1=O. The second-order valence-corrected chi connectivity index (χ2v) is 7.99. The zero-order valence-corrected chi connectivity index (χ0v) is 18.1. The molecule has 2 aromatic carbocycles. The molecule has 3 heterocycles. The van der Waals surface area contributed by atoms with Gasteiger partial charge in [-0.05, 0) is 42.3 Å². The number of aryl methyl sites for hydroxylation is 1. The fourth-order valence-corrected chi connectivity index (χ4v) is 4.31. The van der Waals surface area contributed by atoms with Crippen LogP contribution in [0.4, 0.5) is 16.0 Å². The molecule has 2 aliphatic rings. The van der Waals surface area contributed by atoms with Crippen LogP contribution in [-0.4, -0.2) is 52.9 Å². The molecule has 2 aliphatic heterocycles. The van der Waals surface area contributed by atoms with Gasteiger partial charge in [-0.1, -0.05) is 30.3 Å². The monoisotopic (exact) mass is 443 g/mol. The number of carbonyl (C=O) groups excluding carboxylic acids is 2. The summed E-state index contributed by atoms with van der Waals surface area (Å²) in [5.41, 5.74) is 2.55. The number of benzene rings is 2. The molecular formula is C25H22FN5O2. The van der Waals surface area contributed by atoms with E-state index in [4.69, 9.17) is 0 Å². The van der Waals surface area contributed by atoms with Crippen LogP contribution in [0, 0.1) is 12.7 Å². The summed E-state index contributed by atoms with van der Waals surface area (Å²) in [7, 11) is 0. The standard InChI is InChI=1S/C25H22FN5O2/c1-17-5-2-3-6-20(17)31-23(32)21(18-7-9-19(26)10-8-18)22(24(31)33)29-13-15-30(16-14-29)25-27-11-4-12-28-25/h2-12H,13-16H2,1H3. The molecule has 33 heavy (non-hydrogen) atoms. The second kappa shape index (κ2) is 8.46. The fourth-order valence-electron chi connectivity index (χ4n) is 4.31. The Morgan fingerprint density at radius 3 is 2.09 bits per heavy atom. The van der Waals surface area contributed by atoms with Crippen molar-refractivity contribution in [1.29, 1.82) is 0 Å². The fraction of sp³-hybridized carbons (Fsp3) is 0.200. The quantitative estimate of drug-likeness (QED) is 0.578. The molecule has 2 amide bonds. The molecule has 0 bridgehead atoms. The van der Waals surface area contributed by atoms with Crippen molar-refractivity contribution in [3.8, 4) is 0 Å². The maximum Gasteiger partial charge on any atom is 0.282 e. The van der Waals surface area contributed by atoms with Crippen LogP contribution in [0.3, 0.4) is 0 Å². The molecule has 1 aromatic heterocycles. The van der Waals surface area contributed by atoms with Crippen molar-refractivity contribution in [1.82, 2.24) is 14.9 Å². The van der Waals surface area contributed by atoms with Gasteiger partial charge in [0.05, 0.1) is 11.3 Å². The van der Waals surface area contributed by atoms with Crippen LogP contribution in [0.2, 0.25) is 0 Å². The molecule has 0 saturated carbocycles. The van der Waals surface area contributed by atoms with Crippen LogP contribution < -0.4 is 9.80 Å². The van der Waals surface area contributed by atoms with Crippen molar-refractivity contribution in [3.63, 3.8) is 0 Å². The number of nitrogens with zero attached hydrogens (tertiary/aromatic N) is 5. The highest BCUT2D eigenvalue weighted by Crippen LogP contribution is 2.36. The minimum atomic E-state index is -0.398. The number of anilines is 2. The largest absolute Gasteiger partial charge is 0.363 e. The van der Waals surface area contributed by atoms with E-state index in [1.807, 2.05) is 24.0 Å². The molecule has 1 saturated heterocycles. The van der Waals surface area contributed by atoms with Gasteiger partial charge in [-0.15, -0.1) is 0 Å². The highest BCUT2D eigenvalue weighted by Gasteiger charge is 2.43. The first-order valence-corrected chi connectivity index (χ1v) is 10.8. The van der Waals surface area contributed by atoms with E-state index in [0.717, 1.165) is 5.56 Å². The number of hydrogen-bond acceptors (Lipinski definition) is 6. The van der Waals surface area contributed by atoms with Crippen LogP contribution in [0.25, 0.3) is 5.57 Å². The molecule has 5 rings (SSSR count). The summed E-state index contributed by atoms with van der Waals surface area (Å²) in [6.45, 7) is 4.13. The van der Waals surface area contributed by atoms with Gasteiger partial charge < -0.3 is 9.80 Å². The summed E-state index contributed by atoms with van der Waals surface area (Å²) in [6, 6.07) is 14.8. The van der Waals surface area contributed by atoms with Crippen LogP contribution >= 0.6 is 0 Å². The van der Waals surface area contributed by atoms with Crippen molar-refractivity contribution in [3.05, 3.63) is 89.6 Å². The average Bonchev–Trinajstić information content (AvgIpc) is 3.10. The molecule has 0 radical (unpaired) electrons. The lowest BCUT2D eigenvalue weighted by Crippen LogP contribution is -2.48. The molecule has 8 heteroatoms. The van der Waals surface area contributed by atoms with E-state index in [1.54, 1.807) is 42.7 Å². The predicted octanol–water partition coefficient (Wildman–Crippen LogP) is 3.03. The normalized spacial score (nSPS) is 16.7. The number of carbonyl (C=O) groups is 2. The smallest absolute Gasteiger partial charge is 0.282 e. The zero-order chi connectivity index (χ0) is 22.9. The van der Waals surface area contributed by atoms with Gasteiger partial charge in [-0.2, -0.15) is 0 Å². The number of aromatic nitrogens is 2. The van der Waals surface area contributed by atoms with Crippen LogP contribution in [0.15, 0.2) is 72.7 Å². The number of para-hydroxylation sites is 1. The topological polar surface area (TPSA) is 69.6 Å². The number of rotatable bonds is 4. The lowest BCUT2D eigenvalue weighted by atomic mass is 10.0. The molecule has 1 fully saturated rings. The van der Waals surface area contributed by atoms with Crippen molar-refractivity contribution in [2.45, 2.75) is 6.92 Å². The molecular weight excluding hydrogens is 421 g/mol. The van der Waals surface area contributed by atoms with Crippen molar-refractivity contribution in [2.24, 2.45) is 0 Å². The lowest BCUT2D eigenvalue weighted by molar-refractivity contribution is -0.120. The van der Waals surface area contributed by atoms with Gasteiger partial charge in [0, 0.05) is 38.6 Å². The van der Waals surface area contributed by atoms with Gasteiger partial charge in [-0.3, -0.25) is 9.59 Å². The second-order valence-electron chi connectivity index (χ2n) is 7.99. The molecule has 7 nitrogen and oxygen atoms in total. The maximum atomic E-state index is 13.7. The van der Waals surface area contributed by atoms with Crippen LogP contribution in [-0.2, 0) is 9.59 Å². The Bertz CT molecular complexity index is 1240. The van der Waals surface area contributed by atoms with Gasteiger partial charge in [0.2, 0.25) is 5.95 Å². The summed E-state index contributed by atoms with van der Waals surface area (Å²) >= 11 is 0. The van der Waals surface area contributed by atoms with E-state index in [1.165, 1.54) is 17.0 Å². The Morgan fingerprint density at radius 2 is 1.42 bits per heavy atom. The van der Waals surface area contributed by atoms with Gasteiger partial charge >= 0.3 is 0 Å². The highest BCUT2D eigenvalue weighted by atomic mass is 19.1. The predicted molar refractivity (Wildman–Crippen MR) is 123 cm³/mol. The molecule has 3 aromatic rings. The van der Waals surface area contributed by atoms with Crippen molar-refractivity contribution in [2.75, 3.05) is 36.0 Å². The summed E-state index contributed by atoms with van der Waals surface area (Å²) in [5.74, 6) is -0.520. The molecule has 0 spiro atoms. The Balaban J connectivity index is 1.52. The highest BCUT2D eigenvalue weighted by molar-refractivity contribution is 6.45. The summed E-state index contributed by atoms with van der Waals surface area (Å²) in [5, 5.41) is 0. The van der Waals surface area contributed by atoms with Gasteiger partial charge in [0.1, 0.15) is 11.5 Å². The minimum absolute atomic E-state index is 0.299. The molecule has 0 aliphatic carbocycles. The molecule has 0 N–H and O–H groups in total. The van der Waals surface area contributed by atoms with E-state index in [-0.39, 0.29) is 5.91 Å². The number of hydrogen-bond donors (Lipinski definition) is 0. The van der Waals surface area contributed by atoms with Gasteiger partial charge in [0.25, 0.3) is 11.8 Å². The third-order valence-electron chi connectivity index (χ3n) is 5.98. The van der Waals surface area contributed by atoms with E-state index in [0.29, 0.717) is 54.6 Å². The van der Waals surface area contributed by atoms with Crippen LogP contribution in [0.5, 0.6) is 0 Å². The summed E-state index contributed by atoms with van der Waals surface area (Å²) < 4.78 is 13.6. The third-order valence-corrected chi connectivity index (χ3v) is 5.98. The maximum absolute atomic E-state index is 13.7.